The van der Waals surface area contributed by atoms with Crippen LogP contribution in [0.4, 0.5) is 5.82 Å². The standard InChI is InChI=1S/C23H17BrCl3N3O3/c1-13-3-2-4-18(26)21(13)32-12-16-7-8-20(33-16)23(31)28-22-17(24)11-30(29-22)10-14-5-6-15(25)9-19(14)27/h2-9,11H,10,12H2,1H3,(H,28,29,31). The van der Waals surface area contributed by atoms with Gasteiger partial charge in [-0.15, -0.1) is 0 Å². The van der Waals surface area contributed by atoms with Gasteiger partial charge >= 0.3 is 0 Å². The van der Waals surface area contributed by atoms with Gasteiger partial charge in [-0.05, 0) is 64.3 Å². The van der Waals surface area contributed by atoms with Gasteiger partial charge in [0.25, 0.3) is 5.91 Å². The van der Waals surface area contributed by atoms with E-state index < -0.39 is 5.91 Å². The van der Waals surface area contributed by atoms with Crippen molar-refractivity contribution in [2.24, 2.45) is 0 Å². The number of hydrogen-bond donors (Lipinski definition) is 1. The zero-order valence-electron chi connectivity index (χ0n) is 17.2. The van der Waals surface area contributed by atoms with E-state index in [1.54, 1.807) is 41.2 Å². The average molecular weight is 570 g/mol. The van der Waals surface area contributed by atoms with Gasteiger partial charge in [-0.25, -0.2) is 0 Å². The zero-order valence-corrected chi connectivity index (χ0v) is 21.1. The SMILES string of the molecule is Cc1cccc(Cl)c1OCc1ccc(C(=O)Nc2nn(Cc3ccc(Cl)cc3Cl)cc2Br)o1. The summed E-state index contributed by atoms with van der Waals surface area (Å²) in [6.45, 7) is 2.45. The van der Waals surface area contributed by atoms with E-state index in [4.69, 9.17) is 44.0 Å². The van der Waals surface area contributed by atoms with Crippen LogP contribution in [-0.4, -0.2) is 15.7 Å². The minimum Gasteiger partial charge on any atom is -0.484 e. The van der Waals surface area contributed by atoms with Crippen molar-refractivity contribution < 1.29 is 13.9 Å². The molecule has 0 saturated heterocycles. The third-order valence-electron chi connectivity index (χ3n) is 4.70. The van der Waals surface area contributed by atoms with Crippen LogP contribution in [-0.2, 0) is 13.2 Å². The van der Waals surface area contributed by atoms with E-state index >= 15 is 0 Å². The third kappa shape index (κ3) is 5.73. The van der Waals surface area contributed by atoms with Crippen LogP contribution in [0.5, 0.6) is 5.75 Å². The number of carbonyl (C=O) groups is 1. The topological polar surface area (TPSA) is 69.3 Å². The molecule has 2 aromatic heterocycles. The van der Waals surface area contributed by atoms with Crippen LogP contribution in [0.2, 0.25) is 15.1 Å². The molecule has 0 unspecified atom stereocenters. The number of para-hydroxylation sites is 1. The van der Waals surface area contributed by atoms with Crippen LogP contribution in [0.3, 0.4) is 0 Å². The maximum Gasteiger partial charge on any atom is 0.292 e. The van der Waals surface area contributed by atoms with Crippen molar-refractivity contribution in [3.63, 3.8) is 0 Å². The van der Waals surface area contributed by atoms with Crippen molar-refractivity contribution in [2.75, 3.05) is 5.32 Å². The zero-order chi connectivity index (χ0) is 23.5. The summed E-state index contributed by atoms with van der Waals surface area (Å²) in [7, 11) is 0. The van der Waals surface area contributed by atoms with Crippen molar-refractivity contribution in [1.82, 2.24) is 9.78 Å². The van der Waals surface area contributed by atoms with Gasteiger partial charge in [-0.2, -0.15) is 5.10 Å². The number of aryl methyl sites for hydroxylation is 1. The Bertz CT molecular complexity index is 1300. The van der Waals surface area contributed by atoms with Crippen molar-refractivity contribution in [3.05, 3.63) is 96.9 Å². The molecule has 0 atom stereocenters. The minimum atomic E-state index is -0.439. The number of halogens is 4. The van der Waals surface area contributed by atoms with E-state index in [9.17, 15) is 4.79 Å². The van der Waals surface area contributed by atoms with Crippen LogP contribution in [0.25, 0.3) is 0 Å². The largest absolute Gasteiger partial charge is 0.484 e. The van der Waals surface area contributed by atoms with Crippen LogP contribution in [0.1, 0.15) is 27.4 Å². The highest BCUT2D eigenvalue weighted by Crippen LogP contribution is 2.29. The summed E-state index contributed by atoms with van der Waals surface area (Å²) in [6.07, 6.45) is 1.74. The number of ether oxygens (including phenoxy) is 1. The molecule has 33 heavy (non-hydrogen) atoms. The molecule has 170 valence electrons. The van der Waals surface area contributed by atoms with Crippen LogP contribution in [0.15, 0.2) is 63.6 Å². The molecule has 2 aromatic carbocycles. The lowest BCUT2D eigenvalue weighted by Gasteiger charge is -2.09. The van der Waals surface area contributed by atoms with Crippen molar-refractivity contribution in [1.29, 1.82) is 0 Å². The first-order valence-electron chi connectivity index (χ1n) is 9.75. The van der Waals surface area contributed by atoms with E-state index in [0.29, 0.717) is 43.4 Å². The summed E-state index contributed by atoms with van der Waals surface area (Å²) in [6, 6.07) is 14.0. The number of amides is 1. The fourth-order valence-corrected chi connectivity index (χ4v) is 4.24. The van der Waals surface area contributed by atoms with Gasteiger partial charge in [0, 0.05) is 16.2 Å². The Hall–Kier alpha value is -2.45. The molecular formula is C23H17BrCl3N3O3. The molecule has 4 rings (SSSR count). The van der Waals surface area contributed by atoms with E-state index in [2.05, 4.69) is 26.3 Å². The Morgan fingerprint density at radius 3 is 2.73 bits per heavy atom. The number of nitrogens with zero attached hydrogens (tertiary/aromatic N) is 2. The normalized spacial score (nSPS) is 10.9. The van der Waals surface area contributed by atoms with Gasteiger partial charge in [-0.1, -0.05) is 53.0 Å². The van der Waals surface area contributed by atoms with Gasteiger partial charge in [0.1, 0.15) is 18.1 Å². The second-order valence-electron chi connectivity index (χ2n) is 7.15. The Kier molecular flexibility index (Phi) is 7.34. The fourth-order valence-electron chi connectivity index (χ4n) is 3.08. The van der Waals surface area contributed by atoms with E-state index in [1.807, 2.05) is 25.1 Å². The summed E-state index contributed by atoms with van der Waals surface area (Å²) in [5, 5.41) is 8.75. The molecule has 0 fully saturated rings. The monoisotopic (exact) mass is 567 g/mol. The quantitative estimate of drug-likeness (QED) is 0.252. The second-order valence-corrected chi connectivity index (χ2v) is 9.26. The predicted octanol–water partition coefficient (Wildman–Crippen LogP) is 7.39. The maximum atomic E-state index is 12.6. The molecule has 10 heteroatoms. The molecule has 6 nitrogen and oxygen atoms in total. The number of benzene rings is 2. The highest BCUT2D eigenvalue weighted by atomic mass is 79.9. The summed E-state index contributed by atoms with van der Waals surface area (Å²) in [5.41, 5.74) is 1.76. The molecular weight excluding hydrogens is 553 g/mol. The van der Waals surface area contributed by atoms with Gasteiger partial charge in [0.2, 0.25) is 0 Å². The molecule has 0 bridgehead atoms. The Morgan fingerprint density at radius 2 is 1.97 bits per heavy atom. The van der Waals surface area contributed by atoms with Crippen molar-refractivity contribution >= 4 is 62.5 Å². The number of carbonyl (C=O) groups excluding carboxylic acids is 1. The maximum absolute atomic E-state index is 12.6. The first-order valence-corrected chi connectivity index (χ1v) is 11.7. The number of aromatic nitrogens is 2. The minimum absolute atomic E-state index is 0.131. The highest BCUT2D eigenvalue weighted by molar-refractivity contribution is 9.10. The Morgan fingerprint density at radius 1 is 1.15 bits per heavy atom. The Balaban J connectivity index is 1.40. The molecule has 0 aliphatic heterocycles. The average Bonchev–Trinajstić information content (AvgIpc) is 3.36. The molecule has 4 aromatic rings. The first kappa shape index (κ1) is 23.7. The molecule has 0 spiro atoms. The fraction of sp³-hybridized carbons (Fsp3) is 0.130. The highest BCUT2D eigenvalue weighted by Gasteiger charge is 2.17. The molecule has 1 amide bonds. The summed E-state index contributed by atoms with van der Waals surface area (Å²) < 4.78 is 13.7. The lowest BCUT2D eigenvalue weighted by molar-refractivity contribution is 0.0992. The molecule has 0 radical (unpaired) electrons. The smallest absolute Gasteiger partial charge is 0.292 e. The number of furan rings is 1. The lowest BCUT2D eigenvalue weighted by atomic mass is 10.2. The Labute approximate surface area is 213 Å². The number of rotatable bonds is 7. The lowest BCUT2D eigenvalue weighted by Crippen LogP contribution is -2.12. The molecule has 0 aliphatic carbocycles. The second kappa shape index (κ2) is 10.2. The van der Waals surface area contributed by atoms with Crippen molar-refractivity contribution in [2.45, 2.75) is 20.1 Å². The van der Waals surface area contributed by atoms with Gasteiger partial charge in [0.15, 0.2) is 11.6 Å². The summed E-state index contributed by atoms with van der Waals surface area (Å²) in [4.78, 5) is 12.6. The van der Waals surface area contributed by atoms with Crippen LogP contribution >= 0.6 is 50.7 Å². The number of anilines is 1. The molecule has 0 aliphatic rings. The van der Waals surface area contributed by atoms with Crippen molar-refractivity contribution in [3.8, 4) is 5.75 Å². The molecule has 1 N–H and O–H groups in total. The van der Waals surface area contributed by atoms with Gasteiger partial charge in [-0.3, -0.25) is 9.48 Å². The van der Waals surface area contributed by atoms with Gasteiger partial charge in [0.05, 0.1) is 16.0 Å². The summed E-state index contributed by atoms with van der Waals surface area (Å²) >= 11 is 21.8. The van der Waals surface area contributed by atoms with Crippen LogP contribution in [0, 0.1) is 6.92 Å². The summed E-state index contributed by atoms with van der Waals surface area (Å²) in [5.74, 6) is 1.11. The number of hydrogen-bond acceptors (Lipinski definition) is 4. The first-order chi connectivity index (χ1) is 15.8. The van der Waals surface area contributed by atoms with E-state index in [1.165, 1.54) is 0 Å². The molecule has 2 heterocycles. The van der Waals surface area contributed by atoms with Crippen LogP contribution < -0.4 is 10.1 Å². The number of nitrogens with one attached hydrogen (secondary N) is 1. The molecule has 0 saturated carbocycles. The predicted molar refractivity (Wildman–Crippen MR) is 133 cm³/mol. The third-order valence-corrected chi connectivity index (χ3v) is 6.17. The van der Waals surface area contributed by atoms with Gasteiger partial charge < -0.3 is 14.5 Å². The van der Waals surface area contributed by atoms with E-state index in [0.717, 1.165) is 11.1 Å². The van der Waals surface area contributed by atoms with E-state index in [-0.39, 0.29) is 12.4 Å².